The lowest BCUT2D eigenvalue weighted by Crippen LogP contribution is -2.45. The first-order valence-corrected chi connectivity index (χ1v) is 7.09. The van der Waals surface area contributed by atoms with Gasteiger partial charge in [0.25, 0.3) is 0 Å². The summed E-state index contributed by atoms with van der Waals surface area (Å²) in [6.07, 6.45) is 2.06. The first-order valence-electron chi connectivity index (χ1n) is 7.09. The van der Waals surface area contributed by atoms with Crippen LogP contribution in [-0.2, 0) is 0 Å². The summed E-state index contributed by atoms with van der Waals surface area (Å²) in [5.74, 6) is -1.57. The Balaban J connectivity index is 2.12. The Bertz CT molecular complexity index is 443. The number of hydrogen-bond donors (Lipinski definition) is 1. The van der Waals surface area contributed by atoms with Crippen LogP contribution in [0.25, 0.3) is 0 Å². The van der Waals surface area contributed by atoms with E-state index >= 15 is 0 Å². The highest BCUT2D eigenvalue weighted by Crippen LogP contribution is 2.27. The van der Waals surface area contributed by atoms with Gasteiger partial charge in [0.2, 0.25) is 0 Å². The van der Waals surface area contributed by atoms with Gasteiger partial charge in [-0.2, -0.15) is 0 Å². The predicted molar refractivity (Wildman–Crippen MR) is 76.4 cm³/mol. The second-order valence-electron chi connectivity index (χ2n) is 5.63. The number of halogens is 2. The highest BCUT2D eigenvalue weighted by molar-refractivity contribution is 5.23. The van der Waals surface area contributed by atoms with E-state index in [1.165, 1.54) is 0 Å². The molecule has 3 nitrogen and oxygen atoms in total. The molecular formula is C15H23F2N3. The molecule has 0 aliphatic carbocycles. The number of likely N-dealkylation sites (tertiary alicyclic amines) is 1. The molecule has 1 saturated heterocycles. The second-order valence-corrected chi connectivity index (χ2v) is 5.63. The van der Waals surface area contributed by atoms with Crippen LogP contribution < -0.4 is 5.73 Å². The average Bonchev–Trinajstić information content (AvgIpc) is 2.45. The summed E-state index contributed by atoms with van der Waals surface area (Å²) in [6, 6.07) is 4.64. The fourth-order valence-corrected chi connectivity index (χ4v) is 2.96. The van der Waals surface area contributed by atoms with Gasteiger partial charge in [-0.25, -0.2) is 8.78 Å². The zero-order valence-electron chi connectivity index (χ0n) is 12.1. The van der Waals surface area contributed by atoms with E-state index in [-0.39, 0.29) is 6.04 Å². The third kappa shape index (κ3) is 3.16. The third-order valence-corrected chi connectivity index (χ3v) is 4.23. The molecule has 2 N–H and O–H groups in total. The molecule has 1 fully saturated rings. The lowest BCUT2D eigenvalue weighted by atomic mass is 9.98. The predicted octanol–water partition coefficient (Wildman–Crippen LogP) is 1.99. The molecule has 1 aromatic rings. The van der Waals surface area contributed by atoms with Crippen LogP contribution in [0.2, 0.25) is 0 Å². The zero-order chi connectivity index (χ0) is 14.7. The lowest BCUT2D eigenvalue weighted by Gasteiger charge is -2.39. The molecule has 5 heteroatoms. The molecule has 1 heterocycles. The van der Waals surface area contributed by atoms with Crippen LogP contribution in [0.1, 0.15) is 24.4 Å². The number of piperidine rings is 1. The normalized spacial score (nSPS) is 19.5. The van der Waals surface area contributed by atoms with Gasteiger partial charge in [0.1, 0.15) is 0 Å². The van der Waals surface area contributed by atoms with Crippen molar-refractivity contribution >= 4 is 0 Å². The Kier molecular flexibility index (Phi) is 5.07. The van der Waals surface area contributed by atoms with Gasteiger partial charge in [-0.05, 0) is 33.0 Å². The van der Waals surface area contributed by atoms with Crippen molar-refractivity contribution in [1.82, 2.24) is 9.80 Å². The SMILES string of the molecule is CN(C)C1CCN(C(CN)c2cccc(F)c2F)CC1. The quantitative estimate of drug-likeness (QED) is 0.917. The van der Waals surface area contributed by atoms with E-state index in [4.69, 9.17) is 5.73 Å². The van der Waals surface area contributed by atoms with E-state index in [2.05, 4.69) is 23.9 Å². The Morgan fingerprint density at radius 3 is 2.50 bits per heavy atom. The Hall–Kier alpha value is -1.04. The molecular weight excluding hydrogens is 260 g/mol. The van der Waals surface area contributed by atoms with Gasteiger partial charge >= 0.3 is 0 Å². The summed E-state index contributed by atoms with van der Waals surface area (Å²) >= 11 is 0. The van der Waals surface area contributed by atoms with Crippen molar-refractivity contribution in [1.29, 1.82) is 0 Å². The van der Waals surface area contributed by atoms with Crippen molar-refractivity contribution in [2.45, 2.75) is 24.9 Å². The summed E-state index contributed by atoms with van der Waals surface area (Å²) in [4.78, 5) is 4.38. The van der Waals surface area contributed by atoms with Crippen molar-refractivity contribution in [3.63, 3.8) is 0 Å². The van der Waals surface area contributed by atoms with Crippen molar-refractivity contribution in [3.05, 3.63) is 35.4 Å². The van der Waals surface area contributed by atoms with Crippen molar-refractivity contribution in [3.8, 4) is 0 Å². The molecule has 1 aromatic carbocycles. The van der Waals surface area contributed by atoms with Crippen LogP contribution in [0.4, 0.5) is 8.78 Å². The van der Waals surface area contributed by atoms with Gasteiger partial charge in [-0.15, -0.1) is 0 Å². The molecule has 1 aliphatic heterocycles. The first-order chi connectivity index (χ1) is 9.54. The molecule has 1 aliphatic rings. The maximum atomic E-state index is 13.9. The monoisotopic (exact) mass is 283 g/mol. The van der Waals surface area contributed by atoms with Gasteiger partial charge in [-0.1, -0.05) is 12.1 Å². The summed E-state index contributed by atoms with van der Waals surface area (Å²) in [6.45, 7) is 2.02. The third-order valence-electron chi connectivity index (χ3n) is 4.23. The minimum Gasteiger partial charge on any atom is -0.329 e. The topological polar surface area (TPSA) is 32.5 Å². The molecule has 2 rings (SSSR count). The standard InChI is InChI=1S/C15H23F2N3/c1-19(2)11-6-8-20(9-7-11)14(10-18)12-4-3-5-13(16)15(12)17/h3-5,11,14H,6-10,18H2,1-2H3. The molecule has 0 amide bonds. The maximum Gasteiger partial charge on any atom is 0.163 e. The average molecular weight is 283 g/mol. The van der Waals surface area contributed by atoms with Crippen molar-refractivity contribution in [2.24, 2.45) is 5.73 Å². The Morgan fingerprint density at radius 2 is 1.95 bits per heavy atom. The van der Waals surface area contributed by atoms with Gasteiger partial charge in [0, 0.05) is 31.2 Å². The molecule has 0 aromatic heterocycles. The highest BCUT2D eigenvalue weighted by atomic mass is 19.2. The van der Waals surface area contributed by atoms with Crippen LogP contribution in [-0.4, -0.2) is 49.6 Å². The largest absolute Gasteiger partial charge is 0.329 e. The first kappa shape index (κ1) is 15.4. The summed E-state index contributed by atoms with van der Waals surface area (Å²) in [5, 5.41) is 0. The Labute approximate surface area is 119 Å². The Morgan fingerprint density at radius 1 is 1.30 bits per heavy atom. The van der Waals surface area contributed by atoms with E-state index < -0.39 is 11.6 Å². The minimum absolute atomic E-state index is 0.242. The van der Waals surface area contributed by atoms with Gasteiger partial charge < -0.3 is 10.6 Å². The van der Waals surface area contributed by atoms with Crippen LogP contribution >= 0.6 is 0 Å². The van der Waals surface area contributed by atoms with E-state index in [9.17, 15) is 8.78 Å². The van der Waals surface area contributed by atoms with Crippen LogP contribution in [0.3, 0.4) is 0 Å². The number of benzene rings is 1. The van der Waals surface area contributed by atoms with Gasteiger partial charge in [0.15, 0.2) is 11.6 Å². The van der Waals surface area contributed by atoms with E-state index in [1.807, 2.05) is 0 Å². The molecule has 0 saturated carbocycles. The van der Waals surface area contributed by atoms with Crippen LogP contribution in [0.5, 0.6) is 0 Å². The van der Waals surface area contributed by atoms with Gasteiger partial charge in [0.05, 0.1) is 6.04 Å². The smallest absolute Gasteiger partial charge is 0.163 e. The number of hydrogen-bond acceptors (Lipinski definition) is 3. The fraction of sp³-hybridized carbons (Fsp3) is 0.600. The zero-order valence-corrected chi connectivity index (χ0v) is 12.1. The van der Waals surface area contributed by atoms with E-state index in [0.717, 1.165) is 32.0 Å². The fourth-order valence-electron chi connectivity index (χ4n) is 2.96. The number of nitrogens with zero attached hydrogens (tertiary/aromatic N) is 2. The maximum absolute atomic E-state index is 13.9. The van der Waals surface area contributed by atoms with Crippen molar-refractivity contribution < 1.29 is 8.78 Å². The molecule has 112 valence electrons. The molecule has 1 unspecified atom stereocenters. The number of rotatable bonds is 4. The van der Waals surface area contributed by atoms with E-state index in [0.29, 0.717) is 18.2 Å². The molecule has 0 bridgehead atoms. The second kappa shape index (κ2) is 6.61. The summed E-state index contributed by atoms with van der Waals surface area (Å²) in [7, 11) is 4.15. The van der Waals surface area contributed by atoms with Gasteiger partial charge in [-0.3, -0.25) is 4.90 Å². The van der Waals surface area contributed by atoms with E-state index in [1.54, 1.807) is 12.1 Å². The molecule has 1 atom stereocenters. The summed E-state index contributed by atoms with van der Waals surface area (Å²) in [5.41, 5.74) is 6.18. The molecule has 20 heavy (non-hydrogen) atoms. The van der Waals surface area contributed by atoms with Crippen LogP contribution in [0.15, 0.2) is 18.2 Å². The molecule has 0 radical (unpaired) electrons. The number of nitrogens with two attached hydrogens (primary N) is 1. The van der Waals surface area contributed by atoms with Crippen LogP contribution in [0, 0.1) is 11.6 Å². The minimum atomic E-state index is -0.802. The van der Waals surface area contributed by atoms with Crippen molar-refractivity contribution in [2.75, 3.05) is 33.7 Å². The summed E-state index contributed by atoms with van der Waals surface area (Å²) < 4.78 is 27.3. The lowest BCUT2D eigenvalue weighted by molar-refractivity contribution is 0.109. The molecule has 0 spiro atoms. The highest BCUT2D eigenvalue weighted by Gasteiger charge is 2.28.